The van der Waals surface area contributed by atoms with Crippen molar-refractivity contribution in [2.45, 2.75) is 45.1 Å². The summed E-state index contributed by atoms with van der Waals surface area (Å²) < 4.78 is 13.6. The molecule has 1 heterocycles. The van der Waals surface area contributed by atoms with Gasteiger partial charge in [-0.3, -0.25) is 4.79 Å². The molecule has 1 fully saturated rings. The van der Waals surface area contributed by atoms with Gasteiger partial charge in [-0.1, -0.05) is 25.1 Å². The zero-order valence-electron chi connectivity index (χ0n) is 12.8. The van der Waals surface area contributed by atoms with Crippen LogP contribution in [0.1, 0.15) is 38.2 Å². The van der Waals surface area contributed by atoms with Crippen LogP contribution in [-0.2, 0) is 16.0 Å². The zero-order chi connectivity index (χ0) is 16.1. The highest BCUT2D eigenvalue weighted by molar-refractivity contribution is 5.85. The highest BCUT2D eigenvalue weighted by Gasteiger charge is 2.33. The van der Waals surface area contributed by atoms with E-state index in [4.69, 9.17) is 0 Å². The maximum Gasteiger partial charge on any atom is 0.326 e. The first-order chi connectivity index (χ1) is 10.5. The van der Waals surface area contributed by atoms with Crippen molar-refractivity contribution < 1.29 is 19.1 Å². The minimum atomic E-state index is -0.936. The van der Waals surface area contributed by atoms with E-state index < -0.39 is 12.0 Å². The van der Waals surface area contributed by atoms with Gasteiger partial charge in [-0.15, -0.1) is 0 Å². The third-order valence-corrected chi connectivity index (χ3v) is 4.30. The third kappa shape index (κ3) is 3.84. The van der Waals surface area contributed by atoms with Crippen LogP contribution in [0.5, 0.6) is 0 Å². The molecule has 4 nitrogen and oxygen atoms in total. The molecule has 1 saturated heterocycles. The van der Waals surface area contributed by atoms with Crippen molar-refractivity contribution in [3.8, 4) is 0 Å². The van der Waals surface area contributed by atoms with Gasteiger partial charge in [-0.05, 0) is 43.7 Å². The molecule has 0 aromatic heterocycles. The van der Waals surface area contributed by atoms with Crippen molar-refractivity contribution in [1.29, 1.82) is 0 Å². The van der Waals surface area contributed by atoms with Gasteiger partial charge >= 0.3 is 5.97 Å². The number of aryl methyl sites for hydroxylation is 1. The minimum absolute atomic E-state index is 0.136. The Balaban J connectivity index is 1.96. The number of likely N-dealkylation sites (tertiary alicyclic amines) is 1. The monoisotopic (exact) mass is 307 g/mol. The van der Waals surface area contributed by atoms with Crippen molar-refractivity contribution in [1.82, 2.24) is 4.90 Å². The second-order valence-corrected chi connectivity index (χ2v) is 5.91. The van der Waals surface area contributed by atoms with Gasteiger partial charge in [-0.2, -0.15) is 0 Å². The van der Waals surface area contributed by atoms with Crippen molar-refractivity contribution in [3.05, 3.63) is 35.6 Å². The number of carboxylic acids is 1. The third-order valence-electron chi connectivity index (χ3n) is 4.30. The zero-order valence-corrected chi connectivity index (χ0v) is 12.8. The first-order valence-corrected chi connectivity index (χ1v) is 7.77. The number of carboxylic acid groups (broad SMARTS) is 1. The van der Waals surface area contributed by atoms with Gasteiger partial charge in [-0.25, -0.2) is 9.18 Å². The lowest BCUT2D eigenvalue weighted by molar-refractivity contribution is -0.153. The van der Waals surface area contributed by atoms with E-state index in [2.05, 4.69) is 0 Å². The molecule has 1 aromatic rings. The van der Waals surface area contributed by atoms with Crippen molar-refractivity contribution in [2.24, 2.45) is 5.92 Å². The molecule has 0 bridgehead atoms. The number of rotatable bonds is 5. The Bertz CT molecular complexity index is 546. The van der Waals surface area contributed by atoms with Crippen molar-refractivity contribution in [2.75, 3.05) is 6.54 Å². The summed E-state index contributed by atoms with van der Waals surface area (Å²) in [4.78, 5) is 25.2. The maximum atomic E-state index is 13.6. The van der Waals surface area contributed by atoms with Crippen molar-refractivity contribution >= 4 is 11.9 Å². The SMILES string of the molecule is CC(CCc1ccccc1F)C(=O)N1CCCC[C@@H]1C(=O)O. The van der Waals surface area contributed by atoms with Crippen LogP contribution in [0.25, 0.3) is 0 Å². The lowest BCUT2D eigenvalue weighted by Gasteiger charge is -2.34. The summed E-state index contributed by atoms with van der Waals surface area (Å²) >= 11 is 0. The Morgan fingerprint density at radius 1 is 1.36 bits per heavy atom. The highest BCUT2D eigenvalue weighted by atomic mass is 19.1. The Hall–Kier alpha value is -1.91. The predicted octanol–water partition coefficient (Wildman–Crippen LogP) is 2.86. The lowest BCUT2D eigenvalue weighted by atomic mass is 9.96. The number of nitrogens with zero attached hydrogens (tertiary/aromatic N) is 1. The highest BCUT2D eigenvalue weighted by Crippen LogP contribution is 2.22. The predicted molar refractivity (Wildman–Crippen MR) is 80.9 cm³/mol. The van der Waals surface area contributed by atoms with E-state index in [9.17, 15) is 19.1 Å². The molecular formula is C17H22FNO3. The molecule has 0 aliphatic carbocycles. The fourth-order valence-corrected chi connectivity index (χ4v) is 2.93. The van der Waals surface area contributed by atoms with Gasteiger partial charge in [0, 0.05) is 12.5 Å². The number of halogens is 1. The first kappa shape index (κ1) is 16.5. The van der Waals surface area contributed by atoms with Crippen LogP contribution < -0.4 is 0 Å². The van der Waals surface area contributed by atoms with E-state index in [-0.39, 0.29) is 17.6 Å². The fraction of sp³-hybridized carbons (Fsp3) is 0.529. The normalized spacial score (nSPS) is 19.7. The minimum Gasteiger partial charge on any atom is -0.480 e. The number of piperidine rings is 1. The fourth-order valence-electron chi connectivity index (χ4n) is 2.93. The lowest BCUT2D eigenvalue weighted by Crippen LogP contribution is -2.49. The molecule has 2 atom stereocenters. The molecule has 1 aliphatic rings. The smallest absolute Gasteiger partial charge is 0.326 e. The van der Waals surface area contributed by atoms with Crippen LogP contribution in [-0.4, -0.2) is 34.5 Å². The van der Waals surface area contributed by atoms with Gasteiger partial charge in [0.2, 0.25) is 5.91 Å². The molecule has 0 saturated carbocycles. The van der Waals surface area contributed by atoms with E-state index >= 15 is 0 Å². The molecule has 1 aliphatic heterocycles. The number of amides is 1. The molecule has 22 heavy (non-hydrogen) atoms. The van der Waals surface area contributed by atoms with E-state index in [1.807, 2.05) is 0 Å². The number of carbonyl (C=O) groups is 2. The number of aliphatic carboxylic acids is 1. The quantitative estimate of drug-likeness (QED) is 0.910. The summed E-state index contributed by atoms with van der Waals surface area (Å²) in [6.45, 7) is 2.29. The maximum absolute atomic E-state index is 13.6. The first-order valence-electron chi connectivity index (χ1n) is 7.77. The second-order valence-electron chi connectivity index (χ2n) is 5.91. The standard InChI is InChI=1S/C17H22FNO3/c1-12(9-10-13-6-2-3-7-14(13)18)16(20)19-11-5-4-8-15(19)17(21)22/h2-3,6-7,12,15H,4-5,8-11H2,1H3,(H,21,22)/t12?,15-/m1/s1. The second kappa shape index (κ2) is 7.38. The van der Waals surface area contributed by atoms with Crippen LogP contribution in [0.15, 0.2) is 24.3 Å². The van der Waals surface area contributed by atoms with Gasteiger partial charge in [0.15, 0.2) is 0 Å². The Kier molecular flexibility index (Phi) is 5.52. The Morgan fingerprint density at radius 3 is 2.77 bits per heavy atom. The van der Waals surface area contributed by atoms with Crippen LogP contribution in [0.4, 0.5) is 4.39 Å². The molecule has 0 spiro atoms. The summed E-state index contributed by atoms with van der Waals surface area (Å²) in [6.07, 6.45) is 3.19. The summed E-state index contributed by atoms with van der Waals surface area (Å²) in [5, 5.41) is 9.24. The summed E-state index contributed by atoms with van der Waals surface area (Å²) in [6, 6.07) is 5.83. The summed E-state index contributed by atoms with van der Waals surface area (Å²) in [5.74, 6) is -1.64. The largest absolute Gasteiger partial charge is 0.480 e. The molecular weight excluding hydrogens is 285 g/mol. The van der Waals surface area contributed by atoms with Crippen LogP contribution >= 0.6 is 0 Å². The molecule has 1 amide bonds. The van der Waals surface area contributed by atoms with Crippen molar-refractivity contribution in [3.63, 3.8) is 0 Å². The summed E-state index contributed by atoms with van der Waals surface area (Å²) in [5.41, 5.74) is 0.593. The molecule has 1 aromatic carbocycles. The van der Waals surface area contributed by atoms with Gasteiger partial charge in [0.05, 0.1) is 0 Å². The number of hydrogen-bond donors (Lipinski definition) is 1. The molecule has 1 unspecified atom stereocenters. The summed E-state index contributed by atoms with van der Waals surface area (Å²) in [7, 11) is 0. The van der Waals surface area contributed by atoms with Gasteiger partial charge < -0.3 is 10.0 Å². The molecule has 120 valence electrons. The number of hydrogen-bond acceptors (Lipinski definition) is 2. The Morgan fingerprint density at radius 2 is 2.09 bits per heavy atom. The van der Waals surface area contributed by atoms with Gasteiger partial charge in [0.25, 0.3) is 0 Å². The Labute approximate surface area is 129 Å². The number of carbonyl (C=O) groups excluding carboxylic acids is 1. The van der Waals surface area contributed by atoms with Crippen LogP contribution in [0.3, 0.4) is 0 Å². The van der Waals surface area contributed by atoms with Crippen LogP contribution in [0, 0.1) is 11.7 Å². The van der Waals surface area contributed by atoms with Gasteiger partial charge in [0.1, 0.15) is 11.9 Å². The van der Waals surface area contributed by atoms with Crippen LogP contribution in [0.2, 0.25) is 0 Å². The average molecular weight is 307 g/mol. The average Bonchev–Trinajstić information content (AvgIpc) is 2.53. The molecule has 0 radical (unpaired) electrons. The van der Waals surface area contributed by atoms with E-state index in [1.165, 1.54) is 11.0 Å². The topological polar surface area (TPSA) is 57.6 Å². The molecule has 1 N–H and O–H groups in total. The van der Waals surface area contributed by atoms with E-state index in [0.29, 0.717) is 31.4 Å². The van der Waals surface area contributed by atoms with E-state index in [1.54, 1.807) is 25.1 Å². The molecule has 5 heteroatoms. The number of benzene rings is 1. The van der Waals surface area contributed by atoms with E-state index in [0.717, 1.165) is 12.8 Å². The molecule has 2 rings (SSSR count).